The van der Waals surface area contributed by atoms with Gasteiger partial charge in [0.05, 0.1) is 18.0 Å². The number of benzene rings is 2. The predicted molar refractivity (Wildman–Crippen MR) is 95.0 cm³/mol. The van der Waals surface area contributed by atoms with E-state index in [4.69, 9.17) is 16.9 Å². The molecule has 1 heterocycles. The van der Waals surface area contributed by atoms with Gasteiger partial charge >= 0.3 is 5.97 Å². The average molecular weight is 371 g/mol. The molecule has 0 aliphatic rings. The van der Waals surface area contributed by atoms with Crippen molar-refractivity contribution in [3.63, 3.8) is 0 Å². The Morgan fingerprint density at radius 3 is 2.73 bits per heavy atom. The van der Waals surface area contributed by atoms with E-state index in [1.54, 1.807) is 28.8 Å². The molecule has 7 heteroatoms. The Morgan fingerprint density at radius 2 is 2.08 bits per heavy atom. The fourth-order valence-electron chi connectivity index (χ4n) is 2.79. The van der Waals surface area contributed by atoms with Gasteiger partial charge in [0.1, 0.15) is 11.4 Å². The first kappa shape index (κ1) is 17.6. The van der Waals surface area contributed by atoms with Gasteiger partial charge in [-0.2, -0.15) is 5.26 Å². The van der Waals surface area contributed by atoms with Crippen LogP contribution in [-0.2, 0) is 13.0 Å². The molecule has 0 saturated carbocycles. The molecule has 0 fully saturated rings. The number of fused-ring (bicyclic) bond motifs is 1. The van der Waals surface area contributed by atoms with Crippen molar-refractivity contribution >= 4 is 28.5 Å². The van der Waals surface area contributed by atoms with E-state index in [0.29, 0.717) is 10.5 Å². The summed E-state index contributed by atoms with van der Waals surface area (Å²) in [4.78, 5) is 23.8. The van der Waals surface area contributed by atoms with Gasteiger partial charge in [0, 0.05) is 28.7 Å². The van der Waals surface area contributed by atoms with Gasteiger partial charge in [-0.1, -0.05) is 23.7 Å². The standard InChI is InChI=1S/C19H12ClFN2O3/c20-13-3-1-2-11(6-13)9-23-10-15(19(25)26)18(24)14-8-16(21)12(4-5-22)7-17(14)23/h1-3,6-8,10H,4,9H2,(H,25,26). The lowest BCUT2D eigenvalue weighted by molar-refractivity contribution is 0.0695. The number of carboxylic acids is 1. The number of halogens is 2. The number of aromatic nitrogens is 1. The van der Waals surface area contributed by atoms with Crippen LogP contribution in [0.15, 0.2) is 47.4 Å². The molecule has 0 saturated heterocycles. The second-order valence-electron chi connectivity index (χ2n) is 5.73. The summed E-state index contributed by atoms with van der Waals surface area (Å²) in [5, 5.41) is 18.6. The van der Waals surface area contributed by atoms with Crippen molar-refractivity contribution in [1.82, 2.24) is 4.57 Å². The SMILES string of the molecule is N#CCc1cc2c(cc1F)c(=O)c(C(=O)O)cn2Cc1cccc(Cl)c1. The van der Waals surface area contributed by atoms with Gasteiger partial charge in [0.25, 0.3) is 0 Å². The van der Waals surface area contributed by atoms with Crippen LogP contribution in [0.5, 0.6) is 0 Å². The highest BCUT2D eigenvalue weighted by atomic mass is 35.5. The topological polar surface area (TPSA) is 83.1 Å². The van der Waals surface area contributed by atoms with Gasteiger partial charge in [0.2, 0.25) is 5.43 Å². The van der Waals surface area contributed by atoms with Gasteiger partial charge in [-0.15, -0.1) is 0 Å². The van der Waals surface area contributed by atoms with Gasteiger partial charge < -0.3 is 9.67 Å². The van der Waals surface area contributed by atoms with Crippen LogP contribution in [0.1, 0.15) is 21.5 Å². The molecule has 1 N–H and O–H groups in total. The predicted octanol–water partition coefficient (Wildman–Crippen LogP) is 3.61. The van der Waals surface area contributed by atoms with E-state index in [-0.39, 0.29) is 23.9 Å². The number of aromatic carboxylic acids is 1. The molecule has 5 nitrogen and oxygen atoms in total. The fourth-order valence-corrected chi connectivity index (χ4v) is 3.00. The molecule has 0 aliphatic carbocycles. The molecular formula is C19H12ClFN2O3. The molecule has 0 bridgehead atoms. The number of carboxylic acid groups (broad SMARTS) is 1. The third-order valence-electron chi connectivity index (χ3n) is 3.99. The summed E-state index contributed by atoms with van der Waals surface area (Å²) < 4.78 is 15.7. The van der Waals surface area contributed by atoms with Crippen molar-refractivity contribution in [2.45, 2.75) is 13.0 Å². The van der Waals surface area contributed by atoms with E-state index in [2.05, 4.69) is 0 Å². The Kier molecular flexibility index (Phi) is 4.74. The van der Waals surface area contributed by atoms with Gasteiger partial charge in [-0.25, -0.2) is 9.18 Å². The molecule has 0 unspecified atom stereocenters. The number of pyridine rings is 1. The first-order chi connectivity index (χ1) is 12.4. The summed E-state index contributed by atoms with van der Waals surface area (Å²) in [5.41, 5.74) is 0.0584. The summed E-state index contributed by atoms with van der Waals surface area (Å²) in [6.45, 7) is 0.231. The number of carbonyl (C=O) groups is 1. The normalized spacial score (nSPS) is 10.7. The molecule has 3 rings (SSSR count). The van der Waals surface area contributed by atoms with E-state index < -0.39 is 22.8 Å². The summed E-state index contributed by atoms with van der Waals surface area (Å²) in [6.07, 6.45) is 1.07. The lowest BCUT2D eigenvalue weighted by Crippen LogP contribution is -2.19. The van der Waals surface area contributed by atoms with Crippen molar-refractivity contribution in [1.29, 1.82) is 5.26 Å². The zero-order chi connectivity index (χ0) is 18.8. The minimum atomic E-state index is -1.39. The fraction of sp³-hybridized carbons (Fsp3) is 0.105. The Balaban J connectivity index is 2.29. The third-order valence-corrected chi connectivity index (χ3v) is 4.23. The van der Waals surface area contributed by atoms with Gasteiger partial charge in [-0.3, -0.25) is 4.79 Å². The van der Waals surface area contributed by atoms with Crippen molar-refractivity contribution in [2.75, 3.05) is 0 Å². The number of rotatable bonds is 4. The highest BCUT2D eigenvalue weighted by molar-refractivity contribution is 6.30. The molecule has 130 valence electrons. The molecule has 1 aromatic heterocycles. The maximum absolute atomic E-state index is 14.2. The molecule has 0 atom stereocenters. The minimum Gasteiger partial charge on any atom is -0.477 e. The van der Waals surface area contributed by atoms with Crippen molar-refractivity contribution in [2.24, 2.45) is 0 Å². The molecule has 2 aromatic carbocycles. The van der Waals surface area contributed by atoms with Crippen molar-refractivity contribution in [3.8, 4) is 6.07 Å². The molecule has 3 aromatic rings. The summed E-state index contributed by atoms with van der Waals surface area (Å²) in [6, 6.07) is 11.2. The van der Waals surface area contributed by atoms with Crippen LogP contribution in [0.25, 0.3) is 10.9 Å². The number of hydrogen-bond donors (Lipinski definition) is 1. The molecule has 0 radical (unpaired) electrons. The third kappa shape index (κ3) is 3.30. The number of nitrogens with zero attached hydrogens (tertiary/aromatic N) is 2. The first-order valence-electron chi connectivity index (χ1n) is 7.61. The minimum absolute atomic E-state index is 0.0499. The van der Waals surface area contributed by atoms with Crippen molar-refractivity contribution < 1.29 is 14.3 Å². The van der Waals surface area contributed by atoms with E-state index >= 15 is 0 Å². The highest BCUT2D eigenvalue weighted by Crippen LogP contribution is 2.20. The maximum Gasteiger partial charge on any atom is 0.341 e. The Morgan fingerprint density at radius 1 is 1.31 bits per heavy atom. The highest BCUT2D eigenvalue weighted by Gasteiger charge is 2.17. The van der Waals surface area contributed by atoms with E-state index in [1.807, 2.05) is 6.07 Å². The molecule has 0 spiro atoms. The van der Waals surface area contributed by atoms with Crippen LogP contribution in [-0.4, -0.2) is 15.6 Å². The van der Waals surface area contributed by atoms with Crippen LogP contribution in [0.4, 0.5) is 4.39 Å². The first-order valence-corrected chi connectivity index (χ1v) is 7.98. The molecular weight excluding hydrogens is 359 g/mol. The van der Waals surface area contributed by atoms with Crippen LogP contribution < -0.4 is 5.43 Å². The summed E-state index contributed by atoms with van der Waals surface area (Å²) in [7, 11) is 0. The Labute approximate surface area is 152 Å². The van der Waals surface area contributed by atoms with Gasteiger partial charge in [0.15, 0.2) is 0 Å². The quantitative estimate of drug-likeness (QED) is 0.760. The van der Waals surface area contributed by atoms with Crippen LogP contribution in [0.3, 0.4) is 0 Å². The smallest absolute Gasteiger partial charge is 0.341 e. The maximum atomic E-state index is 14.2. The average Bonchev–Trinajstić information content (AvgIpc) is 2.58. The van der Waals surface area contributed by atoms with Crippen LogP contribution >= 0.6 is 11.6 Å². The largest absolute Gasteiger partial charge is 0.477 e. The zero-order valence-electron chi connectivity index (χ0n) is 13.4. The monoisotopic (exact) mass is 370 g/mol. The molecule has 26 heavy (non-hydrogen) atoms. The second kappa shape index (κ2) is 6.98. The van der Waals surface area contributed by atoms with Crippen molar-refractivity contribution in [3.05, 3.63) is 80.3 Å². The lowest BCUT2D eigenvalue weighted by atomic mass is 10.1. The second-order valence-corrected chi connectivity index (χ2v) is 6.17. The molecule has 0 aliphatic heterocycles. The number of hydrogen-bond acceptors (Lipinski definition) is 3. The van der Waals surface area contributed by atoms with E-state index in [1.165, 1.54) is 12.3 Å². The van der Waals surface area contributed by atoms with E-state index in [0.717, 1.165) is 11.6 Å². The number of nitriles is 1. The Bertz CT molecular complexity index is 1130. The lowest BCUT2D eigenvalue weighted by Gasteiger charge is -2.14. The Hall–Kier alpha value is -3.17. The van der Waals surface area contributed by atoms with Gasteiger partial charge in [-0.05, 0) is 29.8 Å². The van der Waals surface area contributed by atoms with Crippen LogP contribution in [0.2, 0.25) is 5.02 Å². The summed E-state index contributed by atoms with van der Waals surface area (Å²) in [5.74, 6) is -2.11. The van der Waals surface area contributed by atoms with E-state index in [9.17, 15) is 19.1 Å². The molecule has 0 amide bonds. The zero-order valence-corrected chi connectivity index (χ0v) is 14.1. The van der Waals surface area contributed by atoms with Crippen LogP contribution in [0, 0.1) is 17.1 Å². The summed E-state index contributed by atoms with van der Waals surface area (Å²) >= 11 is 5.98.